The third-order valence-corrected chi connectivity index (χ3v) is 1.85. The van der Waals surface area contributed by atoms with Gasteiger partial charge in [0.15, 0.2) is 0 Å². The van der Waals surface area contributed by atoms with Crippen molar-refractivity contribution in [3.63, 3.8) is 0 Å². The number of aromatic nitrogens is 2. The molecule has 0 bridgehead atoms. The van der Waals surface area contributed by atoms with Crippen LogP contribution in [-0.4, -0.2) is 10.2 Å². The molecule has 0 aliphatic heterocycles. The molecule has 0 saturated carbocycles. The number of nitrogens with one attached hydrogen (secondary N) is 1. The van der Waals surface area contributed by atoms with E-state index < -0.39 is 0 Å². The smallest absolute Gasteiger partial charge is 0.103 e. The first-order chi connectivity index (χ1) is 6.36. The molecule has 0 amide bonds. The number of hydrogen-bond donors (Lipinski definition) is 1. The standard InChI is InChI=1S/C9H4N4/c10-3-6-1-2-7-5-12-13-9(7)8(6)4-11/h1-2,5H,(H,12,13). The second kappa shape index (κ2) is 2.62. The van der Waals surface area contributed by atoms with E-state index in [1.54, 1.807) is 18.3 Å². The summed E-state index contributed by atoms with van der Waals surface area (Å²) in [6, 6.07) is 7.32. The first-order valence-corrected chi connectivity index (χ1v) is 3.63. The van der Waals surface area contributed by atoms with Crippen molar-refractivity contribution in [3.05, 3.63) is 29.5 Å². The van der Waals surface area contributed by atoms with Gasteiger partial charge in [-0.25, -0.2) is 0 Å². The van der Waals surface area contributed by atoms with Crippen LogP contribution in [0.1, 0.15) is 11.1 Å². The molecule has 2 aromatic rings. The summed E-state index contributed by atoms with van der Waals surface area (Å²) in [4.78, 5) is 0. The van der Waals surface area contributed by atoms with Crippen LogP contribution in [0, 0.1) is 22.7 Å². The van der Waals surface area contributed by atoms with Gasteiger partial charge in [0.1, 0.15) is 12.1 Å². The summed E-state index contributed by atoms with van der Waals surface area (Å²) in [5.74, 6) is 0. The summed E-state index contributed by atoms with van der Waals surface area (Å²) in [6.07, 6.45) is 1.62. The highest BCUT2D eigenvalue weighted by atomic mass is 15.1. The Kier molecular flexibility index (Phi) is 1.47. The molecule has 2 rings (SSSR count). The van der Waals surface area contributed by atoms with Gasteiger partial charge < -0.3 is 0 Å². The molecule has 0 saturated heterocycles. The van der Waals surface area contributed by atoms with E-state index in [0.29, 0.717) is 16.6 Å². The predicted octanol–water partition coefficient (Wildman–Crippen LogP) is 1.31. The van der Waals surface area contributed by atoms with Crippen LogP contribution in [0.15, 0.2) is 18.3 Å². The number of aromatic amines is 1. The van der Waals surface area contributed by atoms with Gasteiger partial charge in [-0.1, -0.05) is 0 Å². The zero-order chi connectivity index (χ0) is 9.26. The quantitative estimate of drug-likeness (QED) is 0.644. The van der Waals surface area contributed by atoms with Crippen molar-refractivity contribution in [2.24, 2.45) is 0 Å². The monoisotopic (exact) mass is 168 g/mol. The number of H-pyrrole nitrogens is 1. The SMILES string of the molecule is N#Cc1ccc2cn[nH]c2c1C#N. The van der Waals surface area contributed by atoms with E-state index in [0.717, 1.165) is 5.39 Å². The van der Waals surface area contributed by atoms with Crippen LogP contribution in [0.2, 0.25) is 0 Å². The Morgan fingerprint density at radius 1 is 1.23 bits per heavy atom. The third kappa shape index (κ3) is 0.935. The van der Waals surface area contributed by atoms with Crippen LogP contribution in [0.25, 0.3) is 10.9 Å². The molecule has 4 nitrogen and oxygen atoms in total. The maximum absolute atomic E-state index is 8.82. The first-order valence-electron chi connectivity index (χ1n) is 3.63. The van der Waals surface area contributed by atoms with Gasteiger partial charge in [-0.3, -0.25) is 5.10 Å². The molecule has 1 aromatic heterocycles. The van der Waals surface area contributed by atoms with Crippen LogP contribution in [0.5, 0.6) is 0 Å². The van der Waals surface area contributed by atoms with E-state index in [1.807, 2.05) is 12.1 Å². The lowest BCUT2D eigenvalue weighted by Crippen LogP contribution is -1.84. The molecule has 0 aliphatic rings. The maximum Gasteiger partial charge on any atom is 0.103 e. The van der Waals surface area contributed by atoms with Crippen molar-refractivity contribution >= 4 is 10.9 Å². The molecule has 0 unspecified atom stereocenters. The van der Waals surface area contributed by atoms with Crippen molar-refractivity contribution in [1.82, 2.24) is 10.2 Å². The highest BCUT2D eigenvalue weighted by molar-refractivity contribution is 5.85. The topological polar surface area (TPSA) is 76.3 Å². The van der Waals surface area contributed by atoms with Gasteiger partial charge in [0.2, 0.25) is 0 Å². The van der Waals surface area contributed by atoms with Crippen LogP contribution in [0.4, 0.5) is 0 Å². The summed E-state index contributed by atoms with van der Waals surface area (Å²) in [7, 11) is 0. The van der Waals surface area contributed by atoms with Gasteiger partial charge in [0, 0.05) is 5.39 Å². The molecular formula is C9H4N4. The third-order valence-electron chi connectivity index (χ3n) is 1.85. The summed E-state index contributed by atoms with van der Waals surface area (Å²) < 4.78 is 0. The fraction of sp³-hybridized carbons (Fsp3) is 0. The van der Waals surface area contributed by atoms with Gasteiger partial charge in [-0.15, -0.1) is 0 Å². The minimum atomic E-state index is 0.359. The Hall–Kier alpha value is -2.33. The zero-order valence-electron chi connectivity index (χ0n) is 6.57. The van der Waals surface area contributed by atoms with Crippen molar-refractivity contribution in [1.29, 1.82) is 10.5 Å². The van der Waals surface area contributed by atoms with Crippen LogP contribution < -0.4 is 0 Å². The molecular weight excluding hydrogens is 164 g/mol. The zero-order valence-corrected chi connectivity index (χ0v) is 6.57. The minimum Gasteiger partial charge on any atom is -0.276 e. The largest absolute Gasteiger partial charge is 0.276 e. The Labute approximate surface area is 74.0 Å². The Morgan fingerprint density at radius 3 is 2.77 bits per heavy atom. The summed E-state index contributed by atoms with van der Waals surface area (Å²) in [5, 5.41) is 24.9. The average molecular weight is 168 g/mol. The van der Waals surface area contributed by atoms with Crippen LogP contribution in [0.3, 0.4) is 0 Å². The highest BCUT2D eigenvalue weighted by Gasteiger charge is 2.07. The average Bonchev–Trinajstić information content (AvgIpc) is 2.63. The fourth-order valence-electron chi connectivity index (χ4n) is 1.22. The lowest BCUT2D eigenvalue weighted by atomic mass is 10.1. The minimum absolute atomic E-state index is 0.359. The number of nitrogens with zero attached hydrogens (tertiary/aromatic N) is 3. The normalized spacial score (nSPS) is 9.38. The van der Waals surface area contributed by atoms with Crippen molar-refractivity contribution in [2.45, 2.75) is 0 Å². The summed E-state index contributed by atoms with van der Waals surface area (Å²) >= 11 is 0. The molecule has 13 heavy (non-hydrogen) atoms. The molecule has 4 heteroatoms. The van der Waals surface area contributed by atoms with Crippen molar-refractivity contribution in [2.75, 3.05) is 0 Å². The Balaban J connectivity index is 2.94. The number of rotatable bonds is 0. The molecule has 1 heterocycles. The highest BCUT2D eigenvalue weighted by Crippen LogP contribution is 2.18. The summed E-state index contributed by atoms with van der Waals surface area (Å²) in [6.45, 7) is 0. The first kappa shape index (κ1) is 7.33. The van der Waals surface area contributed by atoms with Crippen molar-refractivity contribution < 1.29 is 0 Å². The molecule has 1 aromatic carbocycles. The number of hydrogen-bond acceptors (Lipinski definition) is 3. The van der Waals surface area contributed by atoms with Crippen LogP contribution >= 0.6 is 0 Å². The van der Waals surface area contributed by atoms with E-state index in [9.17, 15) is 0 Å². The lowest BCUT2D eigenvalue weighted by Gasteiger charge is -1.93. The van der Waals surface area contributed by atoms with Crippen LogP contribution in [-0.2, 0) is 0 Å². The van der Waals surface area contributed by atoms with E-state index in [2.05, 4.69) is 10.2 Å². The van der Waals surface area contributed by atoms with E-state index in [4.69, 9.17) is 10.5 Å². The maximum atomic E-state index is 8.82. The van der Waals surface area contributed by atoms with Gasteiger partial charge in [-0.05, 0) is 12.1 Å². The van der Waals surface area contributed by atoms with Gasteiger partial charge in [0.25, 0.3) is 0 Å². The number of nitriles is 2. The molecule has 0 fully saturated rings. The van der Waals surface area contributed by atoms with Gasteiger partial charge in [-0.2, -0.15) is 15.6 Å². The second-order valence-corrected chi connectivity index (χ2v) is 2.55. The predicted molar refractivity (Wildman–Crippen MR) is 45.5 cm³/mol. The lowest BCUT2D eigenvalue weighted by molar-refractivity contribution is 1.12. The van der Waals surface area contributed by atoms with E-state index >= 15 is 0 Å². The van der Waals surface area contributed by atoms with E-state index in [1.165, 1.54) is 0 Å². The van der Waals surface area contributed by atoms with E-state index in [-0.39, 0.29) is 0 Å². The Bertz CT molecular complexity index is 539. The second-order valence-electron chi connectivity index (χ2n) is 2.55. The molecule has 0 aliphatic carbocycles. The molecule has 0 atom stereocenters. The molecule has 1 N–H and O–H groups in total. The summed E-state index contributed by atoms with van der Waals surface area (Å²) in [5.41, 5.74) is 1.36. The number of benzene rings is 1. The van der Waals surface area contributed by atoms with Gasteiger partial charge >= 0.3 is 0 Å². The number of fused-ring (bicyclic) bond motifs is 1. The fourth-order valence-corrected chi connectivity index (χ4v) is 1.22. The molecule has 0 spiro atoms. The van der Waals surface area contributed by atoms with Gasteiger partial charge in [0.05, 0.1) is 22.8 Å². The molecule has 60 valence electrons. The Morgan fingerprint density at radius 2 is 2.08 bits per heavy atom. The molecule has 0 radical (unpaired) electrons. The van der Waals surface area contributed by atoms with Crippen molar-refractivity contribution in [3.8, 4) is 12.1 Å².